The van der Waals surface area contributed by atoms with Crippen LogP contribution in [0, 0.1) is 6.92 Å². The maximum atomic E-state index is 12.6. The Kier molecular flexibility index (Phi) is 3.99. The predicted molar refractivity (Wildman–Crippen MR) is 82.6 cm³/mol. The lowest BCUT2D eigenvalue weighted by Gasteiger charge is -2.19. The summed E-state index contributed by atoms with van der Waals surface area (Å²) in [6.07, 6.45) is 5.55. The molecule has 5 heteroatoms. The van der Waals surface area contributed by atoms with Gasteiger partial charge in [-0.05, 0) is 38.3 Å². The largest absolute Gasteiger partial charge is 0.370 e. The number of fused-ring (bicyclic) bond motifs is 1. The van der Waals surface area contributed by atoms with E-state index in [-0.39, 0.29) is 5.56 Å². The van der Waals surface area contributed by atoms with Crippen molar-refractivity contribution < 1.29 is 0 Å². The molecule has 5 nitrogen and oxygen atoms in total. The Morgan fingerprint density at radius 1 is 1.33 bits per heavy atom. The number of rotatable bonds is 4. The van der Waals surface area contributed by atoms with Crippen LogP contribution in [0.5, 0.6) is 0 Å². The summed E-state index contributed by atoms with van der Waals surface area (Å²) in [5.41, 5.74) is 1.83. The van der Waals surface area contributed by atoms with Gasteiger partial charge >= 0.3 is 0 Å². The molecule has 0 spiro atoms. The molecule has 0 radical (unpaired) electrons. The van der Waals surface area contributed by atoms with Gasteiger partial charge in [0, 0.05) is 37.0 Å². The molecule has 1 aliphatic rings. The summed E-state index contributed by atoms with van der Waals surface area (Å²) in [7, 11) is 0. The van der Waals surface area contributed by atoms with Crippen LogP contribution in [-0.2, 0) is 19.4 Å². The molecule has 2 aromatic heterocycles. The maximum absolute atomic E-state index is 12.6. The van der Waals surface area contributed by atoms with Gasteiger partial charge in [-0.2, -0.15) is 0 Å². The molecular formula is C16H20N4O. The molecule has 2 aromatic rings. The zero-order chi connectivity index (χ0) is 14.7. The summed E-state index contributed by atoms with van der Waals surface area (Å²) in [6, 6.07) is 5.75. The van der Waals surface area contributed by atoms with E-state index >= 15 is 0 Å². The van der Waals surface area contributed by atoms with Gasteiger partial charge in [-0.15, -0.1) is 0 Å². The molecule has 110 valence electrons. The van der Waals surface area contributed by atoms with Crippen molar-refractivity contribution in [3.63, 3.8) is 0 Å². The van der Waals surface area contributed by atoms with E-state index in [1.807, 2.05) is 29.7 Å². The van der Waals surface area contributed by atoms with Crippen molar-refractivity contribution in [2.45, 2.75) is 39.2 Å². The number of pyridine rings is 1. The van der Waals surface area contributed by atoms with E-state index in [2.05, 4.69) is 15.3 Å². The van der Waals surface area contributed by atoms with E-state index in [1.54, 1.807) is 6.20 Å². The zero-order valence-corrected chi connectivity index (χ0v) is 12.3. The lowest BCUT2D eigenvalue weighted by molar-refractivity contribution is 0.489. The van der Waals surface area contributed by atoms with Gasteiger partial charge in [0.05, 0.1) is 0 Å². The monoisotopic (exact) mass is 284 g/mol. The van der Waals surface area contributed by atoms with Crippen molar-refractivity contribution >= 4 is 5.82 Å². The van der Waals surface area contributed by atoms with Crippen LogP contribution in [0.15, 0.2) is 29.2 Å². The van der Waals surface area contributed by atoms with Gasteiger partial charge in [-0.1, -0.05) is 6.07 Å². The first-order valence-electron chi connectivity index (χ1n) is 7.50. The fraction of sp³-hybridized carbons (Fsp3) is 0.438. The van der Waals surface area contributed by atoms with E-state index in [4.69, 9.17) is 0 Å². The van der Waals surface area contributed by atoms with E-state index < -0.39 is 0 Å². The van der Waals surface area contributed by atoms with Crippen LogP contribution in [-0.4, -0.2) is 21.1 Å². The number of nitrogens with one attached hydrogen (secondary N) is 1. The molecule has 0 aromatic carbocycles. The van der Waals surface area contributed by atoms with Crippen LogP contribution < -0.4 is 10.9 Å². The third-order valence-electron chi connectivity index (χ3n) is 3.93. The number of aryl methyl sites for hydroxylation is 2. The van der Waals surface area contributed by atoms with Crippen LogP contribution in [0.4, 0.5) is 5.82 Å². The first-order chi connectivity index (χ1) is 10.3. The van der Waals surface area contributed by atoms with Gasteiger partial charge < -0.3 is 5.32 Å². The van der Waals surface area contributed by atoms with Gasteiger partial charge in [0.2, 0.25) is 0 Å². The topological polar surface area (TPSA) is 59.8 Å². The lowest BCUT2D eigenvalue weighted by Crippen LogP contribution is -2.32. The average Bonchev–Trinajstić information content (AvgIpc) is 2.51. The highest BCUT2D eigenvalue weighted by atomic mass is 16.1. The van der Waals surface area contributed by atoms with E-state index in [0.29, 0.717) is 13.0 Å². The second-order valence-corrected chi connectivity index (χ2v) is 5.40. The standard InChI is InChI=1S/C16H20N4O/c1-12-13(8-10-18-14-6-2-4-9-17-14)16(21)20-11-5-3-7-15(20)19-12/h2,4,6,9H,3,5,7-8,10-11H2,1H3,(H,17,18). The van der Waals surface area contributed by atoms with Gasteiger partial charge in [-0.25, -0.2) is 9.97 Å². The molecule has 0 saturated carbocycles. The highest BCUT2D eigenvalue weighted by Gasteiger charge is 2.16. The highest BCUT2D eigenvalue weighted by Crippen LogP contribution is 2.12. The maximum Gasteiger partial charge on any atom is 0.256 e. The first-order valence-corrected chi connectivity index (χ1v) is 7.50. The van der Waals surface area contributed by atoms with Crippen LogP contribution in [0.2, 0.25) is 0 Å². The summed E-state index contributed by atoms with van der Waals surface area (Å²) in [5.74, 6) is 1.78. The third kappa shape index (κ3) is 2.96. The van der Waals surface area contributed by atoms with E-state index in [9.17, 15) is 4.79 Å². The van der Waals surface area contributed by atoms with E-state index in [0.717, 1.165) is 48.7 Å². The predicted octanol–water partition coefficient (Wildman–Crippen LogP) is 1.94. The fourth-order valence-electron chi connectivity index (χ4n) is 2.80. The Morgan fingerprint density at radius 3 is 3.05 bits per heavy atom. The lowest BCUT2D eigenvalue weighted by atomic mass is 10.1. The SMILES string of the molecule is Cc1nc2n(c(=O)c1CCNc1ccccn1)CCCC2. The average molecular weight is 284 g/mol. The molecule has 0 saturated heterocycles. The molecular weight excluding hydrogens is 264 g/mol. The van der Waals surface area contributed by atoms with E-state index in [1.165, 1.54) is 0 Å². The minimum atomic E-state index is 0.139. The van der Waals surface area contributed by atoms with Crippen molar-refractivity contribution in [1.82, 2.24) is 14.5 Å². The van der Waals surface area contributed by atoms with Crippen molar-refractivity contribution in [3.05, 3.63) is 51.8 Å². The van der Waals surface area contributed by atoms with Crippen molar-refractivity contribution in [3.8, 4) is 0 Å². The second kappa shape index (κ2) is 6.08. The normalized spacial score (nSPS) is 13.8. The summed E-state index contributed by atoms with van der Waals surface area (Å²) in [6.45, 7) is 3.43. The number of hydrogen-bond acceptors (Lipinski definition) is 4. The minimum Gasteiger partial charge on any atom is -0.370 e. The molecule has 3 rings (SSSR count). The Hall–Kier alpha value is -2.17. The van der Waals surface area contributed by atoms with Crippen LogP contribution >= 0.6 is 0 Å². The fourth-order valence-corrected chi connectivity index (χ4v) is 2.80. The van der Waals surface area contributed by atoms with Crippen molar-refractivity contribution in [2.24, 2.45) is 0 Å². The third-order valence-corrected chi connectivity index (χ3v) is 3.93. The molecule has 1 aliphatic heterocycles. The Morgan fingerprint density at radius 2 is 2.24 bits per heavy atom. The number of anilines is 1. The summed E-state index contributed by atoms with van der Waals surface area (Å²) < 4.78 is 1.85. The van der Waals surface area contributed by atoms with Gasteiger partial charge in [0.1, 0.15) is 11.6 Å². The van der Waals surface area contributed by atoms with Crippen molar-refractivity contribution in [2.75, 3.05) is 11.9 Å². The Balaban J connectivity index is 1.75. The summed E-state index contributed by atoms with van der Waals surface area (Å²) in [5, 5.41) is 3.24. The summed E-state index contributed by atoms with van der Waals surface area (Å²) in [4.78, 5) is 21.4. The molecule has 0 unspecified atom stereocenters. The molecule has 0 atom stereocenters. The van der Waals surface area contributed by atoms with Gasteiger partial charge in [0.25, 0.3) is 5.56 Å². The zero-order valence-electron chi connectivity index (χ0n) is 12.3. The number of aromatic nitrogens is 3. The summed E-state index contributed by atoms with van der Waals surface area (Å²) >= 11 is 0. The quantitative estimate of drug-likeness (QED) is 0.932. The smallest absolute Gasteiger partial charge is 0.256 e. The molecule has 0 fully saturated rings. The minimum absolute atomic E-state index is 0.139. The van der Waals surface area contributed by atoms with Crippen LogP contribution in [0.1, 0.15) is 29.9 Å². The highest BCUT2D eigenvalue weighted by molar-refractivity contribution is 5.33. The Bertz CT molecular complexity index is 679. The molecule has 0 amide bonds. The molecule has 21 heavy (non-hydrogen) atoms. The molecule has 0 bridgehead atoms. The van der Waals surface area contributed by atoms with Crippen LogP contribution in [0.3, 0.4) is 0 Å². The molecule has 1 N–H and O–H groups in total. The van der Waals surface area contributed by atoms with Gasteiger partial charge in [-0.3, -0.25) is 9.36 Å². The van der Waals surface area contributed by atoms with Crippen LogP contribution in [0.25, 0.3) is 0 Å². The first kappa shape index (κ1) is 13.8. The number of nitrogens with zero attached hydrogens (tertiary/aromatic N) is 3. The second-order valence-electron chi connectivity index (χ2n) is 5.40. The van der Waals surface area contributed by atoms with Gasteiger partial charge in [0.15, 0.2) is 0 Å². The van der Waals surface area contributed by atoms with Crippen molar-refractivity contribution in [1.29, 1.82) is 0 Å². The number of hydrogen-bond donors (Lipinski definition) is 1. The molecule has 3 heterocycles. The molecule has 0 aliphatic carbocycles. The Labute approximate surface area is 124 Å².